The number of carbonyl (C=O) groups excluding carboxylic acids is 2. The normalized spacial score (nSPS) is 15.7. The Morgan fingerprint density at radius 3 is 2.56 bits per heavy atom. The fourth-order valence-corrected chi connectivity index (χ4v) is 3.92. The zero-order chi connectivity index (χ0) is 23.5. The van der Waals surface area contributed by atoms with E-state index in [2.05, 4.69) is 4.98 Å². The molecule has 1 aliphatic heterocycles. The fourth-order valence-electron chi connectivity index (χ4n) is 3.92. The van der Waals surface area contributed by atoms with E-state index in [4.69, 9.17) is 14.2 Å². The number of pyridine rings is 1. The SMILES string of the molecule is COC(=O)C1c2ccc(OCc3nc(C)ccc3OC)cc2CCN1C(=O)CC(C)(C)C. The highest BCUT2D eigenvalue weighted by atomic mass is 16.5. The predicted octanol–water partition coefficient (Wildman–Crippen LogP) is 4.01. The number of aromatic nitrogens is 1. The largest absolute Gasteiger partial charge is 0.495 e. The second-order valence-corrected chi connectivity index (χ2v) is 9.25. The van der Waals surface area contributed by atoms with Crippen LogP contribution < -0.4 is 9.47 Å². The van der Waals surface area contributed by atoms with Crippen LogP contribution in [0.5, 0.6) is 11.5 Å². The van der Waals surface area contributed by atoms with Crippen LogP contribution in [0.4, 0.5) is 0 Å². The van der Waals surface area contributed by atoms with Crippen molar-refractivity contribution in [1.29, 1.82) is 0 Å². The number of aryl methyl sites for hydroxylation is 1. The summed E-state index contributed by atoms with van der Waals surface area (Å²) in [6.45, 7) is 8.67. The van der Waals surface area contributed by atoms with E-state index in [1.807, 2.05) is 58.0 Å². The van der Waals surface area contributed by atoms with Gasteiger partial charge >= 0.3 is 5.97 Å². The lowest BCUT2D eigenvalue weighted by molar-refractivity contribution is -0.154. The van der Waals surface area contributed by atoms with Gasteiger partial charge in [0.05, 0.1) is 14.2 Å². The third-order valence-electron chi connectivity index (χ3n) is 5.44. The molecule has 1 aromatic carbocycles. The van der Waals surface area contributed by atoms with Crippen molar-refractivity contribution >= 4 is 11.9 Å². The van der Waals surface area contributed by atoms with Crippen LogP contribution in [0.2, 0.25) is 0 Å². The Balaban J connectivity index is 1.83. The van der Waals surface area contributed by atoms with E-state index in [1.54, 1.807) is 12.0 Å². The Labute approximate surface area is 189 Å². The monoisotopic (exact) mass is 440 g/mol. The molecule has 1 aliphatic rings. The Kier molecular flexibility index (Phi) is 7.06. The van der Waals surface area contributed by atoms with Gasteiger partial charge < -0.3 is 19.1 Å². The van der Waals surface area contributed by atoms with Crippen LogP contribution in [0.1, 0.15) is 55.7 Å². The molecule has 32 heavy (non-hydrogen) atoms. The number of amides is 1. The number of fused-ring (bicyclic) bond motifs is 1. The highest BCUT2D eigenvalue weighted by Crippen LogP contribution is 2.35. The van der Waals surface area contributed by atoms with Gasteiger partial charge in [-0.15, -0.1) is 0 Å². The third kappa shape index (κ3) is 5.39. The molecule has 2 heterocycles. The minimum atomic E-state index is -0.744. The quantitative estimate of drug-likeness (QED) is 0.632. The van der Waals surface area contributed by atoms with Crippen molar-refractivity contribution in [2.24, 2.45) is 5.41 Å². The molecule has 1 atom stereocenters. The maximum absolute atomic E-state index is 12.9. The summed E-state index contributed by atoms with van der Waals surface area (Å²) < 4.78 is 16.4. The first-order chi connectivity index (χ1) is 15.1. The van der Waals surface area contributed by atoms with Crippen LogP contribution in [0.25, 0.3) is 0 Å². The summed E-state index contributed by atoms with van der Waals surface area (Å²) in [5.41, 5.74) is 3.19. The van der Waals surface area contributed by atoms with E-state index in [0.717, 1.165) is 22.5 Å². The van der Waals surface area contributed by atoms with Gasteiger partial charge in [0.2, 0.25) is 5.91 Å². The van der Waals surface area contributed by atoms with E-state index >= 15 is 0 Å². The summed E-state index contributed by atoms with van der Waals surface area (Å²) in [6.07, 6.45) is 1.00. The van der Waals surface area contributed by atoms with Crippen molar-refractivity contribution in [2.75, 3.05) is 20.8 Å². The number of hydrogen-bond donors (Lipinski definition) is 0. The molecule has 0 saturated carbocycles. The number of hydrogen-bond acceptors (Lipinski definition) is 6. The molecule has 2 aromatic rings. The Bertz CT molecular complexity index is 996. The van der Waals surface area contributed by atoms with Crippen molar-refractivity contribution in [3.8, 4) is 11.5 Å². The van der Waals surface area contributed by atoms with Crippen LogP contribution in [-0.4, -0.2) is 42.5 Å². The van der Waals surface area contributed by atoms with Gasteiger partial charge in [-0.1, -0.05) is 26.8 Å². The smallest absolute Gasteiger partial charge is 0.333 e. The standard InChI is InChI=1S/C25H32N2O5/c1-16-7-10-21(30-5)20(26-16)15-32-18-8-9-19-17(13-18)11-12-27(23(19)24(29)31-6)22(28)14-25(2,3)4/h7-10,13,23H,11-12,14-15H2,1-6H3. The third-order valence-corrected chi connectivity index (χ3v) is 5.44. The number of benzene rings is 1. The molecular formula is C25H32N2O5. The Morgan fingerprint density at radius 2 is 1.91 bits per heavy atom. The molecule has 7 nitrogen and oxygen atoms in total. The summed E-state index contributed by atoms with van der Waals surface area (Å²) in [4.78, 5) is 31.7. The van der Waals surface area contributed by atoms with E-state index in [1.165, 1.54) is 7.11 Å². The number of nitrogens with zero attached hydrogens (tertiary/aromatic N) is 2. The van der Waals surface area contributed by atoms with Crippen LogP contribution in [0.3, 0.4) is 0 Å². The number of esters is 1. The van der Waals surface area contributed by atoms with Crippen LogP contribution in [-0.2, 0) is 27.4 Å². The second kappa shape index (κ2) is 9.59. The van der Waals surface area contributed by atoms with Crippen molar-refractivity contribution < 1.29 is 23.8 Å². The molecule has 0 saturated heterocycles. The van der Waals surface area contributed by atoms with Crippen molar-refractivity contribution in [3.63, 3.8) is 0 Å². The van der Waals surface area contributed by atoms with Gasteiger partial charge in [0.1, 0.15) is 23.8 Å². The molecular weight excluding hydrogens is 408 g/mol. The fraction of sp³-hybridized carbons (Fsp3) is 0.480. The maximum Gasteiger partial charge on any atom is 0.333 e. The number of methoxy groups -OCH3 is 2. The highest BCUT2D eigenvalue weighted by molar-refractivity contribution is 5.86. The van der Waals surface area contributed by atoms with Gasteiger partial charge in [-0.3, -0.25) is 9.78 Å². The summed E-state index contributed by atoms with van der Waals surface area (Å²) >= 11 is 0. The topological polar surface area (TPSA) is 78.0 Å². The van der Waals surface area contributed by atoms with Crippen molar-refractivity contribution in [1.82, 2.24) is 9.88 Å². The van der Waals surface area contributed by atoms with Crippen molar-refractivity contribution in [2.45, 2.75) is 53.2 Å². The summed E-state index contributed by atoms with van der Waals surface area (Å²) in [6, 6.07) is 8.61. The predicted molar refractivity (Wildman–Crippen MR) is 121 cm³/mol. The first kappa shape index (κ1) is 23.6. The number of carbonyl (C=O) groups is 2. The molecule has 7 heteroatoms. The lowest BCUT2D eigenvalue weighted by atomic mass is 9.88. The van der Waals surface area contributed by atoms with E-state index < -0.39 is 12.0 Å². The lowest BCUT2D eigenvalue weighted by Gasteiger charge is -2.37. The van der Waals surface area contributed by atoms with Gasteiger partial charge in [0.15, 0.2) is 6.04 Å². The molecule has 1 unspecified atom stereocenters. The molecule has 0 radical (unpaired) electrons. The highest BCUT2D eigenvalue weighted by Gasteiger charge is 2.37. The summed E-state index contributed by atoms with van der Waals surface area (Å²) in [5, 5.41) is 0. The first-order valence-electron chi connectivity index (χ1n) is 10.8. The molecule has 0 spiro atoms. The zero-order valence-corrected chi connectivity index (χ0v) is 19.7. The van der Waals surface area contributed by atoms with E-state index in [-0.39, 0.29) is 17.9 Å². The molecule has 0 fully saturated rings. The molecule has 0 N–H and O–H groups in total. The van der Waals surface area contributed by atoms with Crippen LogP contribution >= 0.6 is 0 Å². The maximum atomic E-state index is 12.9. The minimum absolute atomic E-state index is 0.0449. The number of rotatable bonds is 6. The molecule has 0 aliphatic carbocycles. The van der Waals surface area contributed by atoms with Gasteiger partial charge in [0.25, 0.3) is 0 Å². The van der Waals surface area contributed by atoms with Crippen LogP contribution in [0, 0.1) is 12.3 Å². The Hall–Kier alpha value is -3.09. The van der Waals surface area contributed by atoms with Gasteiger partial charge in [0, 0.05) is 18.7 Å². The second-order valence-electron chi connectivity index (χ2n) is 9.25. The summed E-state index contributed by atoms with van der Waals surface area (Å²) in [7, 11) is 2.96. The minimum Gasteiger partial charge on any atom is -0.495 e. The van der Waals surface area contributed by atoms with Gasteiger partial charge in [-0.2, -0.15) is 0 Å². The van der Waals surface area contributed by atoms with E-state index in [9.17, 15) is 9.59 Å². The zero-order valence-electron chi connectivity index (χ0n) is 19.7. The average Bonchev–Trinajstić information content (AvgIpc) is 2.75. The van der Waals surface area contributed by atoms with Crippen molar-refractivity contribution in [3.05, 3.63) is 52.8 Å². The van der Waals surface area contributed by atoms with Gasteiger partial charge in [-0.25, -0.2) is 4.79 Å². The molecule has 1 aromatic heterocycles. The van der Waals surface area contributed by atoms with Crippen LogP contribution in [0.15, 0.2) is 30.3 Å². The van der Waals surface area contributed by atoms with E-state index in [0.29, 0.717) is 30.9 Å². The first-order valence-corrected chi connectivity index (χ1v) is 10.8. The average molecular weight is 441 g/mol. The number of ether oxygens (including phenoxy) is 3. The summed E-state index contributed by atoms with van der Waals surface area (Å²) in [5.74, 6) is 0.867. The Morgan fingerprint density at radius 1 is 1.16 bits per heavy atom. The molecule has 172 valence electrons. The molecule has 1 amide bonds. The molecule has 3 rings (SSSR count). The molecule has 0 bridgehead atoms. The van der Waals surface area contributed by atoms with Gasteiger partial charge in [-0.05, 0) is 54.2 Å². The lowest BCUT2D eigenvalue weighted by Crippen LogP contribution is -2.45.